The average Bonchev–Trinajstić information content (AvgIpc) is 2.39. The fourth-order valence-electron chi connectivity index (χ4n) is 2.48. The van der Waals surface area contributed by atoms with Gasteiger partial charge < -0.3 is 5.73 Å². The van der Waals surface area contributed by atoms with E-state index in [0.29, 0.717) is 12.8 Å². The first-order chi connectivity index (χ1) is 8.99. The zero-order valence-electron chi connectivity index (χ0n) is 10.6. The number of sulfonamides is 1. The van der Waals surface area contributed by atoms with Crippen molar-refractivity contribution >= 4 is 10.0 Å². The van der Waals surface area contributed by atoms with Gasteiger partial charge in [0.2, 0.25) is 5.03 Å². The molecule has 1 aromatic rings. The summed E-state index contributed by atoms with van der Waals surface area (Å²) in [5.41, 5.74) is 5.05. The van der Waals surface area contributed by atoms with Crippen LogP contribution in [-0.4, -0.2) is 25.5 Å². The van der Waals surface area contributed by atoms with Crippen molar-refractivity contribution in [1.29, 1.82) is 0 Å². The molecule has 7 heteroatoms. The zero-order valence-corrected chi connectivity index (χ0v) is 11.4. The van der Waals surface area contributed by atoms with Crippen LogP contribution in [0.2, 0.25) is 0 Å². The Labute approximate surface area is 112 Å². The fourth-order valence-corrected chi connectivity index (χ4v) is 3.96. The number of pyridine rings is 1. The summed E-state index contributed by atoms with van der Waals surface area (Å²) in [6.45, 7) is 0.209. The Hall–Kier alpha value is -1.05. The van der Waals surface area contributed by atoms with Crippen LogP contribution in [-0.2, 0) is 10.0 Å². The smallest absolute Gasteiger partial charge is 0.261 e. The molecule has 19 heavy (non-hydrogen) atoms. The molecule has 0 aromatic carbocycles. The van der Waals surface area contributed by atoms with Crippen molar-refractivity contribution < 1.29 is 12.8 Å². The van der Waals surface area contributed by atoms with Crippen LogP contribution in [0.15, 0.2) is 23.4 Å². The van der Waals surface area contributed by atoms with Gasteiger partial charge in [0.1, 0.15) is 0 Å². The molecule has 1 saturated carbocycles. The van der Waals surface area contributed by atoms with Gasteiger partial charge in [0, 0.05) is 18.3 Å². The number of hydrogen-bond donors (Lipinski definition) is 2. The van der Waals surface area contributed by atoms with Crippen molar-refractivity contribution in [3.63, 3.8) is 0 Å². The molecule has 0 atom stereocenters. The molecule has 2 rings (SSSR count). The summed E-state index contributed by atoms with van der Waals surface area (Å²) in [5, 5.41) is -0.562. The van der Waals surface area contributed by atoms with Crippen molar-refractivity contribution in [3.8, 4) is 0 Å². The standard InChI is InChI=1S/C12H18FN3O2S/c13-10-5-4-8-15-11(10)19(17,18)16-12(9-14)6-2-1-3-7-12/h4-5,8,16H,1-3,6-7,9,14H2. The van der Waals surface area contributed by atoms with E-state index in [1.807, 2.05) is 0 Å². The van der Waals surface area contributed by atoms with E-state index >= 15 is 0 Å². The van der Waals surface area contributed by atoms with Crippen LogP contribution < -0.4 is 10.5 Å². The van der Waals surface area contributed by atoms with Crippen molar-refractivity contribution in [2.24, 2.45) is 5.73 Å². The molecule has 1 heterocycles. The zero-order chi connectivity index (χ0) is 13.9. The lowest BCUT2D eigenvalue weighted by Crippen LogP contribution is -2.54. The van der Waals surface area contributed by atoms with Gasteiger partial charge in [-0.3, -0.25) is 0 Å². The van der Waals surface area contributed by atoms with E-state index in [1.54, 1.807) is 0 Å². The molecule has 1 fully saturated rings. The summed E-state index contributed by atoms with van der Waals surface area (Å²) in [4.78, 5) is 3.61. The number of nitrogens with one attached hydrogen (secondary N) is 1. The molecule has 0 saturated heterocycles. The second kappa shape index (κ2) is 5.52. The lowest BCUT2D eigenvalue weighted by molar-refractivity contribution is 0.276. The van der Waals surface area contributed by atoms with E-state index < -0.39 is 26.4 Å². The lowest BCUT2D eigenvalue weighted by atomic mass is 9.83. The first kappa shape index (κ1) is 14.4. The molecular formula is C12H18FN3O2S. The summed E-state index contributed by atoms with van der Waals surface area (Å²) >= 11 is 0. The van der Waals surface area contributed by atoms with Gasteiger partial charge in [-0.25, -0.2) is 22.5 Å². The van der Waals surface area contributed by atoms with Crippen molar-refractivity contribution in [2.75, 3.05) is 6.54 Å². The number of hydrogen-bond acceptors (Lipinski definition) is 4. The van der Waals surface area contributed by atoms with E-state index in [2.05, 4.69) is 9.71 Å². The maximum Gasteiger partial charge on any atom is 0.261 e. The Morgan fingerprint density at radius 3 is 2.63 bits per heavy atom. The minimum atomic E-state index is -3.98. The number of aromatic nitrogens is 1. The highest BCUT2D eigenvalue weighted by Gasteiger charge is 2.36. The molecule has 0 amide bonds. The van der Waals surface area contributed by atoms with Crippen LogP contribution in [0.1, 0.15) is 32.1 Å². The molecule has 1 aromatic heterocycles. The Morgan fingerprint density at radius 1 is 1.37 bits per heavy atom. The Kier molecular flexibility index (Phi) is 4.17. The number of halogens is 1. The minimum absolute atomic E-state index is 0.209. The lowest BCUT2D eigenvalue weighted by Gasteiger charge is -2.36. The fraction of sp³-hybridized carbons (Fsp3) is 0.583. The van der Waals surface area contributed by atoms with Crippen LogP contribution in [0.4, 0.5) is 4.39 Å². The van der Waals surface area contributed by atoms with Crippen LogP contribution in [0.5, 0.6) is 0 Å². The maximum absolute atomic E-state index is 13.6. The Morgan fingerprint density at radius 2 is 2.05 bits per heavy atom. The van der Waals surface area contributed by atoms with E-state index in [-0.39, 0.29) is 6.54 Å². The highest BCUT2D eigenvalue weighted by atomic mass is 32.2. The predicted molar refractivity (Wildman–Crippen MR) is 69.4 cm³/mol. The van der Waals surface area contributed by atoms with Gasteiger partial charge in [-0.05, 0) is 25.0 Å². The van der Waals surface area contributed by atoms with Gasteiger partial charge in [-0.15, -0.1) is 0 Å². The molecule has 1 aliphatic carbocycles. The molecular weight excluding hydrogens is 269 g/mol. The third-order valence-corrected chi connectivity index (χ3v) is 5.04. The van der Waals surface area contributed by atoms with E-state index in [4.69, 9.17) is 5.73 Å². The third-order valence-electron chi connectivity index (χ3n) is 3.53. The van der Waals surface area contributed by atoms with Gasteiger partial charge in [0.05, 0.1) is 0 Å². The van der Waals surface area contributed by atoms with Gasteiger partial charge in [-0.2, -0.15) is 0 Å². The van der Waals surface area contributed by atoms with E-state index in [0.717, 1.165) is 25.3 Å². The van der Waals surface area contributed by atoms with Gasteiger partial charge >= 0.3 is 0 Å². The highest BCUT2D eigenvalue weighted by molar-refractivity contribution is 7.89. The summed E-state index contributed by atoms with van der Waals surface area (Å²) < 4.78 is 40.5. The second-order valence-electron chi connectivity index (χ2n) is 4.94. The largest absolute Gasteiger partial charge is 0.329 e. The molecule has 0 aliphatic heterocycles. The topological polar surface area (TPSA) is 85.1 Å². The Bertz CT molecular complexity index is 542. The SMILES string of the molecule is NCC1(NS(=O)(=O)c2ncccc2F)CCCCC1. The second-order valence-corrected chi connectivity index (χ2v) is 6.54. The summed E-state index contributed by atoms with van der Waals surface area (Å²) in [5.74, 6) is -0.849. The molecule has 1 aliphatic rings. The van der Waals surface area contributed by atoms with Crippen LogP contribution in [0.25, 0.3) is 0 Å². The van der Waals surface area contributed by atoms with Crippen molar-refractivity contribution in [3.05, 3.63) is 24.1 Å². The quantitative estimate of drug-likeness (QED) is 0.870. The molecule has 0 radical (unpaired) electrons. The van der Waals surface area contributed by atoms with Crippen LogP contribution >= 0.6 is 0 Å². The number of nitrogens with two attached hydrogens (primary N) is 1. The number of nitrogens with zero attached hydrogens (tertiary/aromatic N) is 1. The normalized spacial score (nSPS) is 19.3. The third kappa shape index (κ3) is 3.10. The van der Waals surface area contributed by atoms with E-state index in [9.17, 15) is 12.8 Å². The van der Waals surface area contributed by atoms with E-state index in [1.165, 1.54) is 12.3 Å². The summed E-state index contributed by atoms with van der Waals surface area (Å²) in [6, 6.07) is 2.44. The van der Waals surface area contributed by atoms with Gasteiger partial charge in [0.25, 0.3) is 10.0 Å². The number of rotatable bonds is 4. The van der Waals surface area contributed by atoms with Gasteiger partial charge in [-0.1, -0.05) is 19.3 Å². The average molecular weight is 287 g/mol. The molecule has 5 nitrogen and oxygen atoms in total. The maximum atomic E-state index is 13.6. The summed E-state index contributed by atoms with van der Waals surface area (Å²) in [6.07, 6.45) is 5.53. The molecule has 0 unspecified atom stereocenters. The van der Waals surface area contributed by atoms with Crippen molar-refractivity contribution in [2.45, 2.75) is 42.7 Å². The van der Waals surface area contributed by atoms with Crippen LogP contribution in [0, 0.1) is 5.82 Å². The minimum Gasteiger partial charge on any atom is -0.329 e. The Balaban J connectivity index is 2.28. The monoisotopic (exact) mass is 287 g/mol. The predicted octanol–water partition coefficient (Wildman–Crippen LogP) is 1.16. The molecule has 0 spiro atoms. The highest BCUT2D eigenvalue weighted by Crippen LogP contribution is 2.29. The molecule has 106 valence electrons. The molecule has 3 N–H and O–H groups in total. The van der Waals surface area contributed by atoms with Crippen LogP contribution in [0.3, 0.4) is 0 Å². The first-order valence-corrected chi connectivity index (χ1v) is 7.82. The first-order valence-electron chi connectivity index (χ1n) is 6.34. The molecule has 0 bridgehead atoms. The van der Waals surface area contributed by atoms with Crippen molar-refractivity contribution in [1.82, 2.24) is 9.71 Å². The van der Waals surface area contributed by atoms with Gasteiger partial charge in [0.15, 0.2) is 5.82 Å². The summed E-state index contributed by atoms with van der Waals surface area (Å²) in [7, 11) is -3.98.